The number of Topliss-reactive ketones (excluding diaryl/α,β-unsaturated/α-hetero) is 1. The topological polar surface area (TPSA) is 63.2 Å². The van der Waals surface area contributed by atoms with Crippen LogP contribution in [0.3, 0.4) is 0 Å². The quantitative estimate of drug-likeness (QED) is 0.647. The molecule has 20 heavy (non-hydrogen) atoms. The lowest BCUT2D eigenvalue weighted by atomic mass is 10.2. The Morgan fingerprint density at radius 1 is 1.35 bits per heavy atom. The van der Waals surface area contributed by atoms with Crippen molar-refractivity contribution in [2.45, 2.75) is 19.6 Å². The molecular weight excluding hydrogens is 281 g/mol. The Labute approximate surface area is 118 Å². The van der Waals surface area contributed by atoms with Crippen molar-refractivity contribution in [3.63, 3.8) is 0 Å². The third kappa shape index (κ3) is 4.97. The standard InChI is InChI=1S/C14H16FNO3S/c1-3-4-9-14(11(2)17)16-20(18,19)10-12-7-5-6-8-13(12)15/h3-9,16H,10H2,1-2H3/b4-3-,14-9+. The summed E-state index contributed by atoms with van der Waals surface area (Å²) in [4.78, 5) is 11.3. The van der Waals surface area contributed by atoms with Crippen molar-refractivity contribution >= 4 is 15.8 Å². The molecule has 0 atom stereocenters. The van der Waals surface area contributed by atoms with E-state index < -0.39 is 27.4 Å². The first kappa shape index (κ1) is 16.1. The summed E-state index contributed by atoms with van der Waals surface area (Å²) in [6, 6.07) is 5.60. The van der Waals surface area contributed by atoms with E-state index in [-0.39, 0.29) is 11.3 Å². The fraction of sp³-hybridized carbons (Fsp3) is 0.214. The van der Waals surface area contributed by atoms with Crippen molar-refractivity contribution in [2.24, 2.45) is 0 Å². The average Bonchev–Trinajstić information content (AvgIpc) is 2.36. The van der Waals surface area contributed by atoms with Crippen LogP contribution in [0.1, 0.15) is 19.4 Å². The lowest BCUT2D eigenvalue weighted by Gasteiger charge is -2.09. The highest BCUT2D eigenvalue weighted by Crippen LogP contribution is 2.11. The molecule has 4 nitrogen and oxygen atoms in total. The van der Waals surface area contributed by atoms with E-state index in [0.717, 1.165) is 0 Å². The van der Waals surface area contributed by atoms with Crippen LogP contribution in [0.2, 0.25) is 0 Å². The summed E-state index contributed by atoms with van der Waals surface area (Å²) in [6.07, 6.45) is 4.57. The van der Waals surface area contributed by atoms with E-state index in [0.29, 0.717) is 0 Å². The smallest absolute Gasteiger partial charge is 0.237 e. The number of halogens is 1. The average molecular weight is 297 g/mol. The molecule has 1 aromatic rings. The van der Waals surface area contributed by atoms with Crippen LogP contribution in [-0.4, -0.2) is 14.2 Å². The van der Waals surface area contributed by atoms with Crippen molar-refractivity contribution in [3.8, 4) is 0 Å². The first-order valence-corrected chi connectivity index (χ1v) is 7.59. The molecule has 0 saturated carbocycles. The maximum Gasteiger partial charge on any atom is 0.237 e. The molecule has 0 radical (unpaired) electrons. The van der Waals surface area contributed by atoms with E-state index in [1.54, 1.807) is 25.1 Å². The molecule has 0 saturated heterocycles. The minimum atomic E-state index is -3.84. The first-order valence-electron chi connectivity index (χ1n) is 5.93. The van der Waals surface area contributed by atoms with E-state index in [2.05, 4.69) is 4.72 Å². The van der Waals surface area contributed by atoms with Gasteiger partial charge < -0.3 is 0 Å². The molecule has 1 N–H and O–H groups in total. The molecule has 108 valence electrons. The SMILES string of the molecule is C/C=C\C=C(\NS(=O)(=O)Cc1ccccc1F)C(C)=O. The predicted molar refractivity (Wildman–Crippen MR) is 75.7 cm³/mol. The zero-order chi connectivity index (χ0) is 15.2. The van der Waals surface area contributed by atoms with Crippen LogP contribution in [0.5, 0.6) is 0 Å². The summed E-state index contributed by atoms with van der Waals surface area (Å²) in [5.41, 5.74) is -0.00613. The number of sulfonamides is 1. The highest BCUT2D eigenvalue weighted by Gasteiger charge is 2.17. The molecule has 6 heteroatoms. The second-order valence-corrected chi connectivity index (χ2v) is 5.84. The van der Waals surface area contributed by atoms with Gasteiger partial charge in [-0.25, -0.2) is 12.8 Å². The number of benzene rings is 1. The minimum Gasteiger partial charge on any atom is -0.293 e. The maximum atomic E-state index is 13.4. The zero-order valence-corrected chi connectivity index (χ0v) is 12.1. The van der Waals surface area contributed by atoms with Crippen LogP contribution in [-0.2, 0) is 20.6 Å². The van der Waals surface area contributed by atoms with Crippen LogP contribution in [0.4, 0.5) is 4.39 Å². The van der Waals surface area contributed by atoms with Crippen LogP contribution < -0.4 is 4.72 Å². The molecule has 0 spiro atoms. The van der Waals surface area contributed by atoms with Gasteiger partial charge in [-0.15, -0.1) is 0 Å². The normalized spacial score (nSPS) is 12.7. The van der Waals surface area contributed by atoms with Gasteiger partial charge in [0.2, 0.25) is 10.0 Å². The third-order valence-corrected chi connectivity index (χ3v) is 3.63. The van der Waals surface area contributed by atoms with E-state index in [9.17, 15) is 17.6 Å². The van der Waals surface area contributed by atoms with Gasteiger partial charge in [-0.3, -0.25) is 9.52 Å². The van der Waals surface area contributed by atoms with Crippen LogP contribution in [0, 0.1) is 5.82 Å². The molecule has 1 aromatic carbocycles. The Morgan fingerprint density at radius 3 is 2.55 bits per heavy atom. The van der Waals surface area contributed by atoms with Gasteiger partial charge in [0.15, 0.2) is 5.78 Å². The van der Waals surface area contributed by atoms with Crippen LogP contribution in [0.25, 0.3) is 0 Å². The zero-order valence-electron chi connectivity index (χ0n) is 11.3. The molecule has 0 aliphatic carbocycles. The Bertz CT molecular complexity index is 648. The maximum absolute atomic E-state index is 13.4. The second-order valence-electron chi connectivity index (χ2n) is 4.11. The summed E-state index contributed by atoms with van der Waals surface area (Å²) in [5, 5.41) is 0. The van der Waals surface area contributed by atoms with Gasteiger partial charge >= 0.3 is 0 Å². The van der Waals surface area contributed by atoms with Crippen molar-refractivity contribution < 1.29 is 17.6 Å². The van der Waals surface area contributed by atoms with Crippen molar-refractivity contribution in [2.75, 3.05) is 0 Å². The fourth-order valence-electron chi connectivity index (χ4n) is 1.44. The first-order chi connectivity index (χ1) is 9.35. The van der Waals surface area contributed by atoms with Crippen LogP contribution >= 0.6 is 0 Å². The molecule has 0 heterocycles. The summed E-state index contributed by atoms with van der Waals surface area (Å²) in [5.74, 6) is -1.54. The molecule has 0 bridgehead atoms. The van der Waals surface area contributed by atoms with Gasteiger partial charge in [0, 0.05) is 12.5 Å². The summed E-state index contributed by atoms with van der Waals surface area (Å²) >= 11 is 0. The Kier molecular flexibility index (Phi) is 5.64. The largest absolute Gasteiger partial charge is 0.293 e. The van der Waals surface area contributed by atoms with Gasteiger partial charge in [0.25, 0.3) is 0 Å². The van der Waals surface area contributed by atoms with Crippen molar-refractivity contribution in [1.29, 1.82) is 0 Å². The summed E-state index contributed by atoms with van der Waals surface area (Å²) in [7, 11) is -3.84. The molecule has 0 aromatic heterocycles. The fourth-order valence-corrected chi connectivity index (χ4v) is 2.70. The summed E-state index contributed by atoms with van der Waals surface area (Å²) in [6.45, 7) is 2.99. The molecule has 0 aliphatic rings. The number of rotatable bonds is 6. The predicted octanol–water partition coefficient (Wildman–Crippen LogP) is 2.29. The number of ketones is 1. The molecule has 0 fully saturated rings. The number of carbonyl (C=O) groups is 1. The Hall–Kier alpha value is -1.95. The second kappa shape index (κ2) is 7.00. The molecule has 0 unspecified atom stereocenters. The highest BCUT2D eigenvalue weighted by atomic mass is 32.2. The van der Waals surface area contributed by atoms with Gasteiger partial charge in [0.05, 0.1) is 11.4 Å². The monoisotopic (exact) mass is 297 g/mol. The summed E-state index contributed by atoms with van der Waals surface area (Å²) < 4.78 is 39.5. The molecule has 0 amide bonds. The van der Waals surface area contributed by atoms with Crippen LogP contribution in [0.15, 0.2) is 48.2 Å². The number of hydrogen-bond acceptors (Lipinski definition) is 3. The van der Waals surface area contributed by atoms with Crippen molar-refractivity contribution in [1.82, 2.24) is 4.72 Å². The number of nitrogens with one attached hydrogen (secondary N) is 1. The molecular formula is C14H16FNO3S. The Morgan fingerprint density at radius 2 is 2.00 bits per heavy atom. The number of allylic oxidation sites excluding steroid dienone is 4. The van der Waals surface area contributed by atoms with E-state index in [4.69, 9.17) is 0 Å². The molecule has 1 rings (SSSR count). The van der Waals surface area contributed by atoms with Gasteiger partial charge in [-0.2, -0.15) is 0 Å². The lowest BCUT2D eigenvalue weighted by molar-refractivity contribution is -0.113. The van der Waals surface area contributed by atoms with Gasteiger partial charge in [-0.1, -0.05) is 30.4 Å². The minimum absolute atomic E-state index is 0.0499. The molecule has 0 aliphatic heterocycles. The van der Waals surface area contributed by atoms with Crippen molar-refractivity contribution in [3.05, 3.63) is 59.6 Å². The highest BCUT2D eigenvalue weighted by molar-refractivity contribution is 7.88. The van der Waals surface area contributed by atoms with E-state index in [1.807, 2.05) is 0 Å². The number of carbonyl (C=O) groups excluding carboxylic acids is 1. The van der Waals surface area contributed by atoms with E-state index >= 15 is 0 Å². The third-order valence-electron chi connectivity index (χ3n) is 2.40. The van der Waals surface area contributed by atoms with Gasteiger partial charge in [-0.05, 0) is 19.1 Å². The van der Waals surface area contributed by atoms with Gasteiger partial charge in [0.1, 0.15) is 5.82 Å². The number of hydrogen-bond donors (Lipinski definition) is 1. The lowest BCUT2D eigenvalue weighted by Crippen LogP contribution is -2.28. The van der Waals surface area contributed by atoms with E-state index in [1.165, 1.54) is 31.2 Å². The Balaban J connectivity index is 2.95.